The molecule has 0 saturated heterocycles. The highest BCUT2D eigenvalue weighted by molar-refractivity contribution is 7.09. The number of nitrogens with one attached hydrogen (secondary N) is 1. The van der Waals surface area contributed by atoms with Gasteiger partial charge in [0.25, 0.3) is 0 Å². The number of halogens is 3. The molecular formula is C21H23F3N4O2S. The van der Waals surface area contributed by atoms with Gasteiger partial charge < -0.3 is 19.7 Å². The highest BCUT2D eigenvalue weighted by Crippen LogP contribution is 2.30. The van der Waals surface area contributed by atoms with Gasteiger partial charge in [-0.3, -0.25) is 0 Å². The first kappa shape index (κ1) is 22.7. The van der Waals surface area contributed by atoms with Crippen LogP contribution in [0.15, 0.2) is 42.5 Å². The molecular weight excluding hydrogens is 429 g/mol. The lowest BCUT2D eigenvalue weighted by molar-refractivity contribution is -0.137. The van der Waals surface area contributed by atoms with E-state index < -0.39 is 11.7 Å². The van der Waals surface area contributed by atoms with E-state index in [2.05, 4.69) is 14.7 Å². The summed E-state index contributed by atoms with van der Waals surface area (Å²) >= 11 is 1.26. The van der Waals surface area contributed by atoms with Gasteiger partial charge in [-0.05, 0) is 41.8 Å². The van der Waals surface area contributed by atoms with Crippen molar-refractivity contribution < 1.29 is 22.6 Å². The number of methoxy groups -OCH3 is 2. The van der Waals surface area contributed by atoms with Crippen LogP contribution in [0.3, 0.4) is 0 Å². The maximum absolute atomic E-state index is 12.6. The van der Waals surface area contributed by atoms with Crippen molar-refractivity contribution in [2.45, 2.75) is 19.1 Å². The van der Waals surface area contributed by atoms with Crippen LogP contribution in [0.1, 0.15) is 16.7 Å². The first-order valence-corrected chi connectivity index (χ1v) is 10.2. The van der Waals surface area contributed by atoms with E-state index in [0.717, 1.165) is 35.8 Å². The fourth-order valence-corrected chi connectivity index (χ4v) is 3.50. The van der Waals surface area contributed by atoms with E-state index >= 15 is 0 Å². The summed E-state index contributed by atoms with van der Waals surface area (Å²) in [6.07, 6.45) is -3.55. The summed E-state index contributed by atoms with van der Waals surface area (Å²) in [5.41, 5.74) is 1.15. The van der Waals surface area contributed by atoms with Crippen molar-refractivity contribution in [1.82, 2.24) is 9.36 Å². The second-order valence-corrected chi connectivity index (χ2v) is 7.54. The van der Waals surface area contributed by atoms with Crippen LogP contribution in [-0.4, -0.2) is 37.2 Å². The molecule has 3 rings (SSSR count). The molecule has 0 spiro atoms. The van der Waals surface area contributed by atoms with Gasteiger partial charge in [0.2, 0.25) is 11.1 Å². The number of rotatable bonds is 9. The Labute approximate surface area is 182 Å². The molecule has 3 aromatic rings. The average Bonchev–Trinajstić information content (AvgIpc) is 3.24. The minimum absolute atomic E-state index is 0.337. The highest BCUT2D eigenvalue weighted by atomic mass is 32.1. The number of likely N-dealkylation sites (N-methyl/N-ethyl adjacent to an activating group) is 1. The van der Waals surface area contributed by atoms with E-state index in [4.69, 9.17) is 9.47 Å². The molecule has 31 heavy (non-hydrogen) atoms. The first-order chi connectivity index (χ1) is 14.8. The quantitative estimate of drug-likeness (QED) is 0.500. The maximum atomic E-state index is 12.6. The third-order valence-corrected chi connectivity index (χ3v) is 5.49. The number of nitrogens with zero attached hydrogens (tertiary/aromatic N) is 3. The molecule has 0 aliphatic carbocycles. The molecule has 0 aliphatic rings. The molecule has 0 atom stereocenters. The summed E-state index contributed by atoms with van der Waals surface area (Å²) < 4.78 is 52.8. The number of benzene rings is 2. The van der Waals surface area contributed by atoms with Gasteiger partial charge in [0.1, 0.15) is 0 Å². The van der Waals surface area contributed by atoms with Gasteiger partial charge in [0.15, 0.2) is 11.5 Å². The zero-order valence-electron chi connectivity index (χ0n) is 17.4. The van der Waals surface area contributed by atoms with Gasteiger partial charge in [0, 0.05) is 31.7 Å². The van der Waals surface area contributed by atoms with Crippen LogP contribution < -0.4 is 19.7 Å². The third-order valence-electron chi connectivity index (χ3n) is 4.66. The summed E-state index contributed by atoms with van der Waals surface area (Å²) in [6, 6.07) is 10.8. The minimum Gasteiger partial charge on any atom is -0.493 e. The highest BCUT2D eigenvalue weighted by Gasteiger charge is 2.29. The van der Waals surface area contributed by atoms with E-state index in [0.29, 0.717) is 29.6 Å². The average molecular weight is 453 g/mol. The molecule has 10 heteroatoms. The monoisotopic (exact) mass is 452 g/mol. The van der Waals surface area contributed by atoms with Crippen LogP contribution in [0.2, 0.25) is 0 Å². The molecule has 0 radical (unpaired) electrons. The predicted octanol–water partition coefficient (Wildman–Crippen LogP) is 4.87. The lowest BCUT2D eigenvalue weighted by atomic mass is 10.1. The van der Waals surface area contributed by atoms with Crippen molar-refractivity contribution >= 4 is 22.6 Å². The van der Waals surface area contributed by atoms with E-state index in [9.17, 15) is 13.2 Å². The standard InChI is InChI=1S/C21H23F3N4O2S/c1-28(11-10-14-6-9-17(29-2)18(12-14)30-3)20-26-19(27-31-20)25-13-15-4-7-16(8-5-15)21(22,23)24/h4-9,12H,10-11,13H2,1-3H3,(H,25,27). The Bertz CT molecular complexity index is 993. The Hall–Kier alpha value is -3.01. The topological polar surface area (TPSA) is 59.5 Å². The fraction of sp³-hybridized carbons (Fsp3) is 0.333. The second-order valence-electron chi connectivity index (χ2n) is 6.81. The van der Waals surface area contributed by atoms with Gasteiger partial charge in [0.05, 0.1) is 19.8 Å². The largest absolute Gasteiger partial charge is 0.493 e. The van der Waals surface area contributed by atoms with Crippen molar-refractivity contribution in [3.05, 3.63) is 59.2 Å². The van der Waals surface area contributed by atoms with Gasteiger partial charge >= 0.3 is 6.18 Å². The normalized spacial score (nSPS) is 11.3. The Balaban J connectivity index is 1.53. The molecule has 0 bridgehead atoms. The van der Waals surface area contributed by atoms with Crippen molar-refractivity contribution in [3.63, 3.8) is 0 Å². The van der Waals surface area contributed by atoms with Gasteiger partial charge in [-0.1, -0.05) is 18.2 Å². The smallest absolute Gasteiger partial charge is 0.416 e. The van der Waals surface area contributed by atoms with Crippen molar-refractivity contribution in [1.29, 1.82) is 0 Å². The van der Waals surface area contributed by atoms with Crippen LogP contribution in [0.25, 0.3) is 0 Å². The Morgan fingerprint density at radius 2 is 1.68 bits per heavy atom. The van der Waals surface area contributed by atoms with Crippen molar-refractivity contribution in [2.24, 2.45) is 0 Å². The van der Waals surface area contributed by atoms with Crippen LogP contribution >= 0.6 is 11.5 Å². The van der Waals surface area contributed by atoms with Gasteiger partial charge in [-0.2, -0.15) is 22.5 Å². The summed E-state index contributed by atoms with van der Waals surface area (Å²) in [5, 5.41) is 3.79. The molecule has 1 heterocycles. The van der Waals surface area contributed by atoms with Crippen LogP contribution in [0.4, 0.5) is 24.3 Å². The van der Waals surface area contributed by atoms with E-state index in [-0.39, 0.29) is 0 Å². The predicted molar refractivity (Wildman–Crippen MR) is 115 cm³/mol. The summed E-state index contributed by atoms with van der Waals surface area (Å²) in [5.74, 6) is 1.82. The zero-order valence-corrected chi connectivity index (χ0v) is 18.2. The number of ether oxygens (including phenoxy) is 2. The van der Waals surface area contributed by atoms with Gasteiger partial charge in [-0.15, -0.1) is 0 Å². The zero-order chi connectivity index (χ0) is 22.4. The molecule has 0 saturated carbocycles. The summed E-state index contributed by atoms with van der Waals surface area (Å²) in [6.45, 7) is 1.06. The van der Waals surface area contributed by atoms with Crippen LogP contribution in [0, 0.1) is 0 Å². The lowest BCUT2D eigenvalue weighted by Gasteiger charge is -2.15. The van der Waals surface area contributed by atoms with Gasteiger partial charge in [-0.25, -0.2) is 0 Å². The number of anilines is 2. The number of alkyl halides is 3. The minimum atomic E-state index is -4.33. The molecule has 0 amide bonds. The fourth-order valence-electron chi connectivity index (χ4n) is 2.86. The first-order valence-electron chi connectivity index (χ1n) is 9.46. The van der Waals surface area contributed by atoms with Crippen LogP contribution in [-0.2, 0) is 19.1 Å². The van der Waals surface area contributed by atoms with Crippen LogP contribution in [0.5, 0.6) is 11.5 Å². The van der Waals surface area contributed by atoms with E-state index in [1.54, 1.807) is 14.2 Å². The maximum Gasteiger partial charge on any atom is 0.416 e. The number of aromatic nitrogens is 2. The number of hydrogen-bond donors (Lipinski definition) is 1. The second kappa shape index (κ2) is 9.86. The molecule has 0 unspecified atom stereocenters. The Kier molecular flexibility index (Phi) is 7.21. The molecule has 1 aromatic heterocycles. The lowest BCUT2D eigenvalue weighted by Crippen LogP contribution is -2.20. The number of hydrogen-bond acceptors (Lipinski definition) is 7. The SMILES string of the molecule is COc1ccc(CCN(C)c2nc(NCc3ccc(C(F)(F)F)cc3)ns2)cc1OC. The molecule has 1 N–H and O–H groups in total. The summed E-state index contributed by atoms with van der Waals surface area (Å²) in [4.78, 5) is 6.45. The molecule has 6 nitrogen and oxygen atoms in total. The molecule has 0 fully saturated rings. The molecule has 0 aliphatic heterocycles. The Morgan fingerprint density at radius 1 is 1.00 bits per heavy atom. The van der Waals surface area contributed by atoms with Crippen molar-refractivity contribution in [3.8, 4) is 11.5 Å². The van der Waals surface area contributed by atoms with E-state index in [1.165, 1.54) is 23.7 Å². The Morgan fingerprint density at radius 3 is 2.32 bits per heavy atom. The van der Waals surface area contributed by atoms with E-state index in [1.807, 2.05) is 30.1 Å². The molecule has 2 aromatic carbocycles. The molecule has 166 valence electrons. The third kappa shape index (κ3) is 6.00. The summed E-state index contributed by atoms with van der Waals surface area (Å²) in [7, 11) is 5.14. The van der Waals surface area contributed by atoms with Crippen molar-refractivity contribution in [2.75, 3.05) is 38.0 Å².